The van der Waals surface area contributed by atoms with E-state index in [1.54, 1.807) is 6.07 Å². The van der Waals surface area contributed by atoms with Crippen molar-refractivity contribution in [1.29, 1.82) is 0 Å². The molecule has 3 rings (SSSR count). The van der Waals surface area contributed by atoms with Gasteiger partial charge in [0.15, 0.2) is 0 Å². The Bertz CT molecular complexity index is 643. The van der Waals surface area contributed by atoms with Gasteiger partial charge in [-0.25, -0.2) is 13.6 Å². The Morgan fingerprint density at radius 3 is 2.53 bits per heavy atom. The summed E-state index contributed by atoms with van der Waals surface area (Å²) in [5.74, 6) is -2.40. The van der Waals surface area contributed by atoms with Gasteiger partial charge in [-0.2, -0.15) is 0 Å². The number of aromatic carboxylic acids is 1. The number of hydrogen-bond donors (Lipinski definition) is 2. The van der Waals surface area contributed by atoms with E-state index in [0.29, 0.717) is 12.0 Å². The van der Waals surface area contributed by atoms with Crippen molar-refractivity contribution in [3.05, 3.63) is 58.4 Å². The predicted octanol–water partition coefficient (Wildman–Crippen LogP) is 3.07. The maximum atomic E-state index is 13.2. The molecule has 0 aliphatic heterocycles. The molecular weight excluding hydrogens is 252 g/mol. The van der Waals surface area contributed by atoms with Crippen molar-refractivity contribution in [2.75, 3.05) is 0 Å². The second kappa shape index (κ2) is 4.19. The van der Waals surface area contributed by atoms with Crippen LogP contribution >= 0.6 is 0 Å². The third-order valence-electron chi connectivity index (χ3n) is 3.51. The molecule has 98 valence electrons. The third kappa shape index (κ3) is 2.01. The van der Waals surface area contributed by atoms with E-state index in [0.717, 1.165) is 23.7 Å². The lowest BCUT2D eigenvalue weighted by Crippen LogP contribution is -1.99. The second-order valence-electron chi connectivity index (χ2n) is 4.72. The normalized spacial score (nSPS) is 17.5. The minimum Gasteiger partial charge on any atom is -0.477 e. The summed E-state index contributed by atoms with van der Waals surface area (Å²) in [7, 11) is 0. The van der Waals surface area contributed by atoms with Crippen LogP contribution in [0.5, 0.6) is 0 Å². The van der Waals surface area contributed by atoms with Crippen LogP contribution in [0.1, 0.15) is 39.6 Å². The van der Waals surface area contributed by atoms with Gasteiger partial charge in [-0.3, -0.25) is 0 Å². The Morgan fingerprint density at radius 2 is 1.89 bits per heavy atom. The fraction of sp³-hybridized carbons (Fsp3) is 0.214. The molecule has 0 radical (unpaired) electrons. The quantitative estimate of drug-likeness (QED) is 0.874. The van der Waals surface area contributed by atoms with Crippen LogP contribution in [-0.2, 0) is 6.42 Å². The van der Waals surface area contributed by atoms with E-state index >= 15 is 0 Å². The molecule has 0 saturated heterocycles. The molecule has 1 aromatic heterocycles. The summed E-state index contributed by atoms with van der Waals surface area (Å²) in [6.45, 7) is 0. The minimum absolute atomic E-state index is 0.117. The van der Waals surface area contributed by atoms with Crippen LogP contribution < -0.4 is 0 Å². The third-order valence-corrected chi connectivity index (χ3v) is 3.51. The summed E-state index contributed by atoms with van der Waals surface area (Å²) in [6.07, 6.45) is 1.41. The molecule has 0 amide bonds. The molecule has 19 heavy (non-hydrogen) atoms. The van der Waals surface area contributed by atoms with E-state index in [1.165, 1.54) is 12.1 Å². The molecule has 2 aromatic rings. The lowest BCUT2D eigenvalue weighted by atomic mass is 9.94. The van der Waals surface area contributed by atoms with E-state index < -0.39 is 17.6 Å². The first-order valence-electron chi connectivity index (χ1n) is 5.95. The molecule has 0 bridgehead atoms. The zero-order valence-corrected chi connectivity index (χ0v) is 9.91. The monoisotopic (exact) mass is 263 g/mol. The molecular formula is C14H11F2NO2. The molecule has 1 atom stereocenters. The van der Waals surface area contributed by atoms with Gasteiger partial charge in [-0.05, 0) is 42.2 Å². The number of nitrogens with one attached hydrogen (secondary N) is 1. The van der Waals surface area contributed by atoms with E-state index in [9.17, 15) is 13.6 Å². The lowest BCUT2D eigenvalue weighted by molar-refractivity contribution is 0.0691. The Kier molecular flexibility index (Phi) is 2.62. The first-order chi connectivity index (χ1) is 9.04. The van der Waals surface area contributed by atoms with E-state index in [-0.39, 0.29) is 11.6 Å². The van der Waals surface area contributed by atoms with Crippen LogP contribution in [0.3, 0.4) is 0 Å². The predicted molar refractivity (Wildman–Crippen MR) is 64.3 cm³/mol. The van der Waals surface area contributed by atoms with Crippen molar-refractivity contribution in [2.24, 2.45) is 0 Å². The van der Waals surface area contributed by atoms with Crippen molar-refractivity contribution in [1.82, 2.24) is 4.98 Å². The number of carboxylic acids is 1. The molecule has 0 spiro atoms. The molecule has 1 aromatic carbocycles. The number of fused-ring (bicyclic) bond motifs is 1. The molecule has 1 heterocycles. The van der Waals surface area contributed by atoms with Gasteiger partial charge in [0.2, 0.25) is 0 Å². The fourth-order valence-corrected chi connectivity index (χ4v) is 2.71. The molecule has 1 aliphatic carbocycles. The second-order valence-corrected chi connectivity index (χ2v) is 4.72. The highest BCUT2D eigenvalue weighted by atomic mass is 19.1. The van der Waals surface area contributed by atoms with Gasteiger partial charge < -0.3 is 10.1 Å². The minimum atomic E-state index is -1.03. The molecule has 5 heteroatoms. The molecule has 3 nitrogen and oxygen atoms in total. The highest BCUT2D eigenvalue weighted by Gasteiger charge is 2.28. The number of H-pyrrole nitrogens is 1. The molecule has 1 aliphatic rings. The largest absolute Gasteiger partial charge is 0.477 e. The molecule has 0 fully saturated rings. The average Bonchev–Trinajstić information content (AvgIpc) is 2.85. The standard InChI is InChI=1S/C14H11F2NO2/c15-8-3-7(4-9(16)5-8)10-1-2-12-11(10)6-13(17-12)14(18)19/h3-6,10,17H,1-2H2,(H,18,19). The summed E-state index contributed by atoms with van der Waals surface area (Å²) >= 11 is 0. The van der Waals surface area contributed by atoms with Crippen molar-refractivity contribution in [3.8, 4) is 0 Å². The van der Waals surface area contributed by atoms with Gasteiger partial charge >= 0.3 is 5.97 Å². The highest BCUT2D eigenvalue weighted by molar-refractivity contribution is 5.86. The first kappa shape index (κ1) is 11.9. The Balaban J connectivity index is 2.03. The lowest BCUT2D eigenvalue weighted by Gasteiger charge is -2.10. The number of halogens is 2. The van der Waals surface area contributed by atoms with Crippen LogP contribution in [0, 0.1) is 11.6 Å². The summed E-state index contributed by atoms with van der Waals surface area (Å²) in [5.41, 5.74) is 2.33. The van der Waals surface area contributed by atoms with Crippen LogP contribution in [0.15, 0.2) is 24.3 Å². The number of carbonyl (C=O) groups is 1. The van der Waals surface area contributed by atoms with Crippen LogP contribution in [-0.4, -0.2) is 16.1 Å². The van der Waals surface area contributed by atoms with Crippen molar-refractivity contribution < 1.29 is 18.7 Å². The summed E-state index contributed by atoms with van der Waals surface area (Å²) < 4.78 is 26.5. The number of aromatic nitrogens is 1. The Hall–Kier alpha value is -2.17. The molecule has 2 N–H and O–H groups in total. The number of aryl methyl sites for hydroxylation is 1. The number of aromatic amines is 1. The van der Waals surface area contributed by atoms with E-state index in [2.05, 4.69) is 4.98 Å². The van der Waals surface area contributed by atoms with Crippen LogP contribution in [0.2, 0.25) is 0 Å². The molecule has 1 unspecified atom stereocenters. The van der Waals surface area contributed by atoms with Gasteiger partial charge in [-0.15, -0.1) is 0 Å². The van der Waals surface area contributed by atoms with Gasteiger partial charge in [0.1, 0.15) is 17.3 Å². The summed E-state index contributed by atoms with van der Waals surface area (Å²) in [6, 6.07) is 4.99. The van der Waals surface area contributed by atoms with E-state index in [4.69, 9.17) is 5.11 Å². The SMILES string of the molecule is O=C(O)c1cc2c([nH]1)CCC2c1cc(F)cc(F)c1. The fourth-order valence-electron chi connectivity index (χ4n) is 2.71. The Labute approximate surface area is 107 Å². The summed E-state index contributed by atoms with van der Waals surface area (Å²) in [4.78, 5) is 13.7. The number of benzene rings is 1. The van der Waals surface area contributed by atoms with Gasteiger partial charge in [0.25, 0.3) is 0 Å². The highest BCUT2D eigenvalue weighted by Crippen LogP contribution is 2.38. The van der Waals surface area contributed by atoms with Crippen molar-refractivity contribution in [3.63, 3.8) is 0 Å². The van der Waals surface area contributed by atoms with Crippen LogP contribution in [0.4, 0.5) is 8.78 Å². The zero-order chi connectivity index (χ0) is 13.6. The maximum Gasteiger partial charge on any atom is 0.352 e. The number of hydrogen-bond acceptors (Lipinski definition) is 1. The number of carboxylic acid groups (broad SMARTS) is 1. The van der Waals surface area contributed by atoms with Crippen molar-refractivity contribution in [2.45, 2.75) is 18.8 Å². The van der Waals surface area contributed by atoms with Gasteiger partial charge in [0.05, 0.1) is 0 Å². The maximum absolute atomic E-state index is 13.2. The Morgan fingerprint density at radius 1 is 1.21 bits per heavy atom. The van der Waals surface area contributed by atoms with Gasteiger partial charge in [0, 0.05) is 17.7 Å². The van der Waals surface area contributed by atoms with E-state index in [1.807, 2.05) is 0 Å². The number of rotatable bonds is 2. The first-order valence-corrected chi connectivity index (χ1v) is 5.95. The topological polar surface area (TPSA) is 53.1 Å². The molecule has 0 saturated carbocycles. The smallest absolute Gasteiger partial charge is 0.352 e. The van der Waals surface area contributed by atoms with Crippen LogP contribution in [0.25, 0.3) is 0 Å². The summed E-state index contributed by atoms with van der Waals surface area (Å²) in [5, 5.41) is 8.94. The van der Waals surface area contributed by atoms with Crippen molar-refractivity contribution >= 4 is 5.97 Å². The average molecular weight is 263 g/mol. The zero-order valence-electron chi connectivity index (χ0n) is 9.91. The van der Waals surface area contributed by atoms with Gasteiger partial charge in [-0.1, -0.05) is 0 Å².